The van der Waals surface area contributed by atoms with Gasteiger partial charge in [0.25, 0.3) is 0 Å². The van der Waals surface area contributed by atoms with Gasteiger partial charge >= 0.3 is 0 Å². The van der Waals surface area contributed by atoms with E-state index >= 15 is 0 Å². The standard InChI is InChI=1S/C16H23FN4O2.2ClH/c1-12(13-2-4-14(17)5-3-13)20-15(22)10-19-16(23)11-21-8-6-18-7-9-21;;/h2-5,12,18H,6-11H2,1H3,(H,19,23)(H,20,22);2*1H. The second-order valence-electron chi connectivity index (χ2n) is 5.64. The van der Waals surface area contributed by atoms with Crippen molar-refractivity contribution in [2.45, 2.75) is 13.0 Å². The van der Waals surface area contributed by atoms with Crippen molar-refractivity contribution in [3.63, 3.8) is 0 Å². The van der Waals surface area contributed by atoms with E-state index in [1.165, 1.54) is 12.1 Å². The minimum absolute atomic E-state index is 0. The Morgan fingerprint density at radius 1 is 1.16 bits per heavy atom. The Morgan fingerprint density at radius 3 is 2.36 bits per heavy atom. The molecule has 2 amide bonds. The molecule has 1 atom stereocenters. The Bertz CT molecular complexity index is 539. The molecule has 1 aromatic carbocycles. The Labute approximate surface area is 159 Å². The van der Waals surface area contributed by atoms with Crippen LogP contribution in [0.5, 0.6) is 0 Å². The van der Waals surface area contributed by atoms with Crippen LogP contribution in [0.4, 0.5) is 4.39 Å². The van der Waals surface area contributed by atoms with Crippen LogP contribution in [-0.4, -0.2) is 56.0 Å². The predicted octanol–water partition coefficient (Wildman–Crippen LogP) is 0.868. The largest absolute Gasteiger partial charge is 0.348 e. The van der Waals surface area contributed by atoms with Crippen LogP contribution in [0.3, 0.4) is 0 Å². The summed E-state index contributed by atoms with van der Waals surface area (Å²) in [5.74, 6) is -0.737. The average Bonchev–Trinajstić information content (AvgIpc) is 2.54. The molecule has 0 aromatic heterocycles. The summed E-state index contributed by atoms with van der Waals surface area (Å²) >= 11 is 0. The normalized spacial score (nSPS) is 15.3. The van der Waals surface area contributed by atoms with Crippen molar-refractivity contribution in [3.8, 4) is 0 Å². The molecule has 9 heteroatoms. The molecule has 0 radical (unpaired) electrons. The summed E-state index contributed by atoms with van der Waals surface area (Å²) in [4.78, 5) is 25.7. The molecule has 1 fully saturated rings. The fourth-order valence-electron chi connectivity index (χ4n) is 2.43. The monoisotopic (exact) mass is 394 g/mol. The quantitative estimate of drug-likeness (QED) is 0.669. The maximum Gasteiger partial charge on any atom is 0.239 e. The van der Waals surface area contributed by atoms with E-state index in [0.29, 0.717) is 6.54 Å². The summed E-state index contributed by atoms with van der Waals surface area (Å²) in [7, 11) is 0. The van der Waals surface area contributed by atoms with E-state index < -0.39 is 0 Å². The molecule has 1 saturated heterocycles. The summed E-state index contributed by atoms with van der Waals surface area (Å²) in [5.41, 5.74) is 0.812. The molecule has 0 spiro atoms. The van der Waals surface area contributed by atoms with Gasteiger partial charge in [-0.05, 0) is 24.6 Å². The zero-order valence-corrected chi connectivity index (χ0v) is 15.7. The van der Waals surface area contributed by atoms with E-state index in [4.69, 9.17) is 0 Å². The Balaban J connectivity index is 0.00000288. The van der Waals surface area contributed by atoms with E-state index in [2.05, 4.69) is 16.0 Å². The number of hydrogen-bond donors (Lipinski definition) is 3. The lowest BCUT2D eigenvalue weighted by Gasteiger charge is -2.26. The summed E-state index contributed by atoms with van der Waals surface area (Å²) in [6, 6.07) is 5.72. The molecule has 0 aliphatic carbocycles. The van der Waals surface area contributed by atoms with Crippen LogP contribution in [-0.2, 0) is 9.59 Å². The van der Waals surface area contributed by atoms with Crippen LogP contribution in [0.15, 0.2) is 24.3 Å². The lowest BCUT2D eigenvalue weighted by atomic mass is 10.1. The van der Waals surface area contributed by atoms with Gasteiger partial charge in [0.15, 0.2) is 0 Å². The van der Waals surface area contributed by atoms with Gasteiger partial charge in [0, 0.05) is 26.2 Å². The lowest BCUT2D eigenvalue weighted by Crippen LogP contribution is -2.48. The molecule has 0 saturated carbocycles. The lowest BCUT2D eigenvalue weighted by molar-refractivity contribution is -0.127. The van der Waals surface area contributed by atoms with Gasteiger partial charge in [0.2, 0.25) is 11.8 Å². The van der Waals surface area contributed by atoms with Gasteiger partial charge in [-0.2, -0.15) is 0 Å². The van der Waals surface area contributed by atoms with E-state index in [0.717, 1.165) is 31.7 Å². The second kappa shape index (κ2) is 12.0. The van der Waals surface area contributed by atoms with Gasteiger partial charge in [0.1, 0.15) is 5.82 Å². The number of halogens is 3. The summed E-state index contributed by atoms with van der Waals surface area (Å²) in [5, 5.41) is 8.62. The fourth-order valence-corrected chi connectivity index (χ4v) is 2.43. The molecule has 1 aliphatic rings. The molecule has 1 heterocycles. The summed E-state index contributed by atoms with van der Waals surface area (Å²) in [6.07, 6.45) is 0. The summed E-state index contributed by atoms with van der Waals surface area (Å²) < 4.78 is 12.9. The van der Waals surface area contributed by atoms with E-state index in [1.807, 2.05) is 11.8 Å². The first kappa shape index (κ1) is 23.6. The predicted molar refractivity (Wildman–Crippen MR) is 99.8 cm³/mol. The number of carbonyl (C=O) groups is 2. The molecule has 142 valence electrons. The van der Waals surface area contributed by atoms with Crippen LogP contribution in [0.25, 0.3) is 0 Å². The molecule has 1 aromatic rings. The van der Waals surface area contributed by atoms with E-state index in [9.17, 15) is 14.0 Å². The van der Waals surface area contributed by atoms with Gasteiger partial charge in [0.05, 0.1) is 19.1 Å². The first-order valence-corrected chi connectivity index (χ1v) is 7.79. The van der Waals surface area contributed by atoms with Gasteiger partial charge in [-0.25, -0.2) is 4.39 Å². The Kier molecular flexibility index (Phi) is 11.3. The van der Waals surface area contributed by atoms with E-state index in [-0.39, 0.29) is 55.0 Å². The third-order valence-electron chi connectivity index (χ3n) is 3.77. The number of benzene rings is 1. The number of nitrogens with zero attached hydrogens (tertiary/aromatic N) is 1. The molecule has 25 heavy (non-hydrogen) atoms. The smallest absolute Gasteiger partial charge is 0.239 e. The molecule has 6 nitrogen and oxygen atoms in total. The number of nitrogens with one attached hydrogen (secondary N) is 3. The number of hydrogen-bond acceptors (Lipinski definition) is 4. The van der Waals surface area contributed by atoms with Crippen molar-refractivity contribution < 1.29 is 14.0 Å². The minimum atomic E-state index is -0.313. The number of carbonyl (C=O) groups excluding carboxylic acids is 2. The van der Waals surface area contributed by atoms with Crippen molar-refractivity contribution >= 4 is 36.6 Å². The highest BCUT2D eigenvalue weighted by Gasteiger charge is 2.15. The third-order valence-corrected chi connectivity index (χ3v) is 3.77. The Hall–Kier alpha value is -1.41. The highest BCUT2D eigenvalue weighted by molar-refractivity contribution is 5.86. The first-order valence-electron chi connectivity index (χ1n) is 7.79. The third kappa shape index (κ3) is 8.49. The van der Waals surface area contributed by atoms with Crippen LogP contribution in [0.2, 0.25) is 0 Å². The van der Waals surface area contributed by atoms with Crippen molar-refractivity contribution in [1.29, 1.82) is 0 Å². The molecular formula is C16H25Cl2FN4O2. The maximum atomic E-state index is 12.9. The number of rotatable bonds is 6. The molecule has 0 bridgehead atoms. The fraction of sp³-hybridized carbons (Fsp3) is 0.500. The molecule has 3 N–H and O–H groups in total. The van der Waals surface area contributed by atoms with Crippen molar-refractivity contribution in [2.75, 3.05) is 39.3 Å². The maximum absolute atomic E-state index is 12.9. The van der Waals surface area contributed by atoms with Crippen LogP contribution in [0, 0.1) is 5.82 Å². The van der Waals surface area contributed by atoms with Crippen LogP contribution in [0.1, 0.15) is 18.5 Å². The number of piperazine rings is 1. The van der Waals surface area contributed by atoms with Crippen molar-refractivity contribution in [3.05, 3.63) is 35.6 Å². The van der Waals surface area contributed by atoms with Gasteiger partial charge in [-0.1, -0.05) is 12.1 Å². The highest BCUT2D eigenvalue weighted by Crippen LogP contribution is 2.12. The highest BCUT2D eigenvalue weighted by atomic mass is 35.5. The average molecular weight is 395 g/mol. The molecule has 1 unspecified atom stereocenters. The second-order valence-corrected chi connectivity index (χ2v) is 5.64. The van der Waals surface area contributed by atoms with Gasteiger partial charge in [-0.15, -0.1) is 24.8 Å². The number of amides is 2. The van der Waals surface area contributed by atoms with Crippen molar-refractivity contribution in [1.82, 2.24) is 20.9 Å². The SMILES string of the molecule is CC(NC(=O)CNC(=O)CN1CCNCC1)c1ccc(F)cc1.Cl.Cl. The summed E-state index contributed by atoms with van der Waals surface area (Å²) in [6.45, 7) is 5.49. The molecular weight excluding hydrogens is 370 g/mol. The molecule has 1 aliphatic heterocycles. The topological polar surface area (TPSA) is 73.5 Å². The van der Waals surface area contributed by atoms with Crippen molar-refractivity contribution in [2.24, 2.45) is 0 Å². The zero-order chi connectivity index (χ0) is 16.7. The Morgan fingerprint density at radius 2 is 1.76 bits per heavy atom. The molecule has 2 rings (SSSR count). The van der Waals surface area contributed by atoms with Crippen LogP contribution >= 0.6 is 24.8 Å². The first-order chi connectivity index (χ1) is 11.0. The van der Waals surface area contributed by atoms with Gasteiger partial charge < -0.3 is 16.0 Å². The van der Waals surface area contributed by atoms with E-state index in [1.54, 1.807) is 12.1 Å². The zero-order valence-electron chi connectivity index (χ0n) is 14.1. The van der Waals surface area contributed by atoms with Gasteiger partial charge in [-0.3, -0.25) is 14.5 Å². The van der Waals surface area contributed by atoms with Crippen LogP contribution < -0.4 is 16.0 Å². The minimum Gasteiger partial charge on any atom is -0.348 e.